The Balaban J connectivity index is 0.000000260. The first-order valence-corrected chi connectivity index (χ1v) is 11.8. The lowest BCUT2D eigenvalue weighted by Crippen LogP contribution is -1.98. The van der Waals surface area contributed by atoms with Crippen molar-refractivity contribution in [3.63, 3.8) is 0 Å². The molecule has 0 aliphatic heterocycles. The minimum atomic E-state index is 0.501. The van der Waals surface area contributed by atoms with Crippen LogP contribution in [0.1, 0.15) is 141 Å². The molecule has 2 aliphatic rings. The summed E-state index contributed by atoms with van der Waals surface area (Å²) >= 11 is 0. The first kappa shape index (κ1) is 23.4. The van der Waals surface area contributed by atoms with E-state index in [-0.39, 0.29) is 0 Å². The summed E-state index contributed by atoms with van der Waals surface area (Å²) < 4.78 is 0. The van der Waals surface area contributed by atoms with E-state index in [1.54, 1.807) is 0 Å². The van der Waals surface area contributed by atoms with Crippen molar-refractivity contribution in [1.82, 2.24) is 0 Å². The summed E-state index contributed by atoms with van der Waals surface area (Å²) in [5, 5.41) is 0. The second-order valence-corrected chi connectivity index (χ2v) is 8.44. The molecule has 0 radical (unpaired) electrons. The Hall–Kier alpha value is -0.660. The van der Waals surface area contributed by atoms with Gasteiger partial charge in [-0.3, -0.25) is 9.59 Å². The largest absolute Gasteiger partial charge is 0.300 e. The van der Waals surface area contributed by atoms with Gasteiger partial charge in [-0.15, -0.1) is 0 Å². The molecule has 0 aromatic heterocycles. The highest BCUT2D eigenvalue weighted by atomic mass is 16.1. The standard InChI is InChI=1S/2C12H22O/c2*13-12-10-8-6-4-2-1-3-5-7-9-11-12/h2*1-11H2. The fourth-order valence-corrected chi connectivity index (χ4v) is 4.01. The molecule has 0 heterocycles. The van der Waals surface area contributed by atoms with Gasteiger partial charge in [-0.25, -0.2) is 0 Å². The van der Waals surface area contributed by atoms with Crippen molar-refractivity contribution in [2.24, 2.45) is 0 Å². The molecule has 2 fully saturated rings. The molecule has 0 bridgehead atoms. The van der Waals surface area contributed by atoms with E-state index < -0.39 is 0 Å². The molecule has 0 amide bonds. The number of rotatable bonds is 0. The zero-order valence-electron chi connectivity index (χ0n) is 17.4. The van der Waals surface area contributed by atoms with Crippen LogP contribution in [-0.2, 0) is 9.59 Å². The summed E-state index contributed by atoms with van der Waals surface area (Å²) in [6.07, 6.45) is 26.7. The smallest absolute Gasteiger partial charge is 0.132 e. The average Bonchev–Trinajstić information content (AvgIpc) is 2.61. The van der Waals surface area contributed by atoms with E-state index in [1.165, 1.54) is 89.9 Å². The highest BCUT2D eigenvalue weighted by Crippen LogP contribution is 2.15. The lowest BCUT2D eigenvalue weighted by molar-refractivity contribution is -0.120. The molecular formula is C24H44O2. The summed E-state index contributed by atoms with van der Waals surface area (Å²) in [4.78, 5) is 22.6. The summed E-state index contributed by atoms with van der Waals surface area (Å²) in [5.41, 5.74) is 0. The highest BCUT2D eigenvalue weighted by Gasteiger charge is 2.04. The lowest BCUT2D eigenvalue weighted by atomic mass is 10.0. The van der Waals surface area contributed by atoms with Gasteiger partial charge >= 0.3 is 0 Å². The Kier molecular flexibility index (Phi) is 16.0. The number of carbonyl (C=O) groups excluding carboxylic acids is 2. The van der Waals surface area contributed by atoms with Crippen LogP contribution < -0.4 is 0 Å². The van der Waals surface area contributed by atoms with Crippen LogP contribution in [0.25, 0.3) is 0 Å². The van der Waals surface area contributed by atoms with Crippen LogP contribution in [0.2, 0.25) is 0 Å². The van der Waals surface area contributed by atoms with E-state index in [0.29, 0.717) is 11.6 Å². The number of hydrogen-bond donors (Lipinski definition) is 0. The van der Waals surface area contributed by atoms with Gasteiger partial charge in [-0.05, 0) is 25.7 Å². The lowest BCUT2D eigenvalue weighted by Gasteiger charge is -2.05. The van der Waals surface area contributed by atoms with Gasteiger partial charge in [-0.1, -0.05) is 89.9 Å². The van der Waals surface area contributed by atoms with Gasteiger partial charge in [0.15, 0.2) is 0 Å². The van der Waals surface area contributed by atoms with Crippen molar-refractivity contribution in [3.05, 3.63) is 0 Å². The summed E-state index contributed by atoms with van der Waals surface area (Å²) in [7, 11) is 0. The van der Waals surface area contributed by atoms with Crippen molar-refractivity contribution in [2.45, 2.75) is 141 Å². The maximum Gasteiger partial charge on any atom is 0.132 e. The van der Waals surface area contributed by atoms with Gasteiger partial charge in [0.2, 0.25) is 0 Å². The fraction of sp³-hybridized carbons (Fsp3) is 0.917. The molecular weight excluding hydrogens is 320 g/mol. The maximum atomic E-state index is 11.3. The molecule has 0 N–H and O–H groups in total. The molecule has 2 saturated carbocycles. The second-order valence-electron chi connectivity index (χ2n) is 8.44. The zero-order valence-corrected chi connectivity index (χ0v) is 17.4. The van der Waals surface area contributed by atoms with Crippen LogP contribution in [0, 0.1) is 0 Å². The van der Waals surface area contributed by atoms with Crippen molar-refractivity contribution < 1.29 is 9.59 Å². The van der Waals surface area contributed by atoms with Crippen LogP contribution in [0.5, 0.6) is 0 Å². The average molecular weight is 365 g/mol. The molecule has 0 saturated heterocycles. The number of ketones is 2. The van der Waals surface area contributed by atoms with E-state index in [4.69, 9.17) is 0 Å². The molecule has 0 aromatic rings. The van der Waals surface area contributed by atoms with Crippen LogP contribution in [0.3, 0.4) is 0 Å². The monoisotopic (exact) mass is 364 g/mol. The highest BCUT2D eigenvalue weighted by molar-refractivity contribution is 5.78. The third-order valence-corrected chi connectivity index (χ3v) is 5.82. The molecule has 0 aromatic carbocycles. The van der Waals surface area contributed by atoms with Crippen LogP contribution in [0.4, 0.5) is 0 Å². The normalized spacial score (nSPS) is 23.2. The number of hydrogen-bond acceptors (Lipinski definition) is 2. The fourth-order valence-electron chi connectivity index (χ4n) is 4.01. The van der Waals surface area contributed by atoms with Crippen molar-refractivity contribution in [1.29, 1.82) is 0 Å². The third-order valence-electron chi connectivity index (χ3n) is 5.82. The Morgan fingerprint density at radius 3 is 0.615 bits per heavy atom. The predicted octanol–water partition coefficient (Wildman–Crippen LogP) is 7.72. The van der Waals surface area contributed by atoms with E-state index in [1.807, 2.05) is 0 Å². The molecule has 26 heavy (non-hydrogen) atoms. The van der Waals surface area contributed by atoms with Crippen molar-refractivity contribution in [2.75, 3.05) is 0 Å². The van der Waals surface area contributed by atoms with E-state index in [9.17, 15) is 9.59 Å². The number of Topliss-reactive ketones (excluding diaryl/α,β-unsaturated/α-hetero) is 2. The Bertz CT molecular complexity index is 286. The molecule has 0 spiro atoms. The van der Waals surface area contributed by atoms with Crippen molar-refractivity contribution in [3.8, 4) is 0 Å². The topological polar surface area (TPSA) is 34.1 Å². The van der Waals surface area contributed by atoms with Crippen LogP contribution in [-0.4, -0.2) is 11.6 Å². The molecule has 2 heteroatoms. The molecule has 2 aliphatic carbocycles. The van der Waals surface area contributed by atoms with E-state index >= 15 is 0 Å². The molecule has 2 rings (SSSR count). The molecule has 152 valence electrons. The van der Waals surface area contributed by atoms with Gasteiger partial charge in [-0.2, -0.15) is 0 Å². The van der Waals surface area contributed by atoms with E-state index in [0.717, 1.165) is 51.4 Å². The Labute approximate surface area is 162 Å². The predicted molar refractivity (Wildman–Crippen MR) is 112 cm³/mol. The minimum absolute atomic E-state index is 0.501. The zero-order chi connectivity index (χ0) is 18.7. The van der Waals surface area contributed by atoms with Gasteiger partial charge in [0, 0.05) is 25.7 Å². The van der Waals surface area contributed by atoms with Crippen LogP contribution >= 0.6 is 0 Å². The first-order chi connectivity index (χ1) is 12.8. The maximum absolute atomic E-state index is 11.3. The van der Waals surface area contributed by atoms with Crippen molar-refractivity contribution >= 4 is 11.6 Å². The van der Waals surface area contributed by atoms with Gasteiger partial charge < -0.3 is 0 Å². The van der Waals surface area contributed by atoms with Gasteiger partial charge in [0.1, 0.15) is 11.6 Å². The minimum Gasteiger partial charge on any atom is -0.300 e. The van der Waals surface area contributed by atoms with Crippen LogP contribution in [0.15, 0.2) is 0 Å². The molecule has 0 unspecified atom stereocenters. The van der Waals surface area contributed by atoms with E-state index in [2.05, 4.69) is 0 Å². The SMILES string of the molecule is O=C1CCCCCCCCCCC1.O=C1CCCCCCCCCCC1. The molecule has 0 atom stereocenters. The first-order valence-electron chi connectivity index (χ1n) is 11.8. The number of carbonyl (C=O) groups is 2. The summed E-state index contributed by atoms with van der Waals surface area (Å²) in [6, 6.07) is 0. The third kappa shape index (κ3) is 15.6. The van der Waals surface area contributed by atoms with Gasteiger partial charge in [0.05, 0.1) is 0 Å². The Morgan fingerprint density at radius 1 is 0.269 bits per heavy atom. The van der Waals surface area contributed by atoms with Gasteiger partial charge in [0.25, 0.3) is 0 Å². The summed E-state index contributed by atoms with van der Waals surface area (Å²) in [6.45, 7) is 0. The Morgan fingerprint density at radius 2 is 0.423 bits per heavy atom. The second kappa shape index (κ2) is 17.7. The summed E-state index contributed by atoms with van der Waals surface area (Å²) in [5.74, 6) is 1.00. The molecule has 2 nitrogen and oxygen atoms in total. The quantitative estimate of drug-likeness (QED) is 0.441.